The molecule has 36 heavy (non-hydrogen) atoms. The van der Waals surface area contributed by atoms with Gasteiger partial charge < -0.3 is 4.74 Å². The Balaban J connectivity index is 1.34. The van der Waals surface area contributed by atoms with Gasteiger partial charge in [0.1, 0.15) is 17.9 Å². The van der Waals surface area contributed by atoms with E-state index in [4.69, 9.17) is 16.3 Å². The van der Waals surface area contributed by atoms with E-state index in [0.717, 1.165) is 26.8 Å². The molecule has 0 unspecified atom stereocenters. The number of urea groups is 1. The highest BCUT2D eigenvalue weighted by Crippen LogP contribution is 2.27. The van der Waals surface area contributed by atoms with E-state index < -0.39 is 17.8 Å². The number of hydrogen-bond donors (Lipinski definition) is 1. The predicted molar refractivity (Wildman–Crippen MR) is 140 cm³/mol. The van der Waals surface area contributed by atoms with E-state index >= 15 is 0 Å². The summed E-state index contributed by atoms with van der Waals surface area (Å²) in [6.07, 6.45) is 1.45. The van der Waals surface area contributed by atoms with Gasteiger partial charge in [-0.15, -0.1) is 0 Å². The first-order chi connectivity index (χ1) is 17.4. The van der Waals surface area contributed by atoms with E-state index in [-0.39, 0.29) is 11.3 Å². The van der Waals surface area contributed by atoms with Crippen LogP contribution in [0.1, 0.15) is 16.7 Å². The number of aryl methyl sites for hydroxylation is 1. The van der Waals surface area contributed by atoms with Crippen molar-refractivity contribution in [3.63, 3.8) is 0 Å². The van der Waals surface area contributed by atoms with Crippen LogP contribution in [-0.4, -0.2) is 17.8 Å². The second-order valence-electron chi connectivity index (χ2n) is 8.39. The van der Waals surface area contributed by atoms with Crippen LogP contribution in [-0.2, 0) is 16.2 Å². The van der Waals surface area contributed by atoms with E-state index in [1.807, 2.05) is 31.2 Å². The Labute approximate surface area is 212 Å². The summed E-state index contributed by atoms with van der Waals surface area (Å²) < 4.78 is 5.96. The Bertz CT molecular complexity index is 1540. The SMILES string of the molecule is Cc1ccc(N2C(=O)NC(=O)/C(=C/c3ccc(OCc4cccc5ccccc45)cc3)C2=O)cc1Cl. The van der Waals surface area contributed by atoms with Gasteiger partial charge in [-0.2, -0.15) is 0 Å². The van der Waals surface area contributed by atoms with Crippen molar-refractivity contribution in [1.29, 1.82) is 0 Å². The molecule has 0 radical (unpaired) electrons. The van der Waals surface area contributed by atoms with E-state index in [1.165, 1.54) is 12.1 Å². The number of benzene rings is 4. The van der Waals surface area contributed by atoms with Gasteiger partial charge in [0, 0.05) is 5.02 Å². The van der Waals surface area contributed by atoms with Crippen LogP contribution in [0.4, 0.5) is 10.5 Å². The number of halogens is 1. The summed E-state index contributed by atoms with van der Waals surface area (Å²) in [5.41, 5.74) is 2.62. The first-order valence-corrected chi connectivity index (χ1v) is 11.7. The van der Waals surface area contributed by atoms with E-state index in [1.54, 1.807) is 36.4 Å². The van der Waals surface area contributed by atoms with E-state index in [2.05, 4.69) is 23.5 Å². The van der Waals surface area contributed by atoms with Crippen LogP contribution in [0.5, 0.6) is 5.75 Å². The quantitative estimate of drug-likeness (QED) is 0.270. The van der Waals surface area contributed by atoms with Crippen molar-refractivity contribution < 1.29 is 19.1 Å². The van der Waals surface area contributed by atoms with Gasteiger partial charge in [-0.25, -0.2) is 9.69 Å². The Morgan fingerprint density at radius 2 is 1.67 bits per heavy atom. The molecule has 1 aliphatic rings. The topological polar surface area (TPSA) is 75.7 Å². The van der Waals surface area contributed by atoms with E-state index in [9.17, 15) is 14.4 Å². The number of hydrogen-bond acceptors (Lipinski definition) is 4. The Kier molecular flexibility index (Phi) is 6.27. The second kappa shape index (κ2) is 9.68. The minimum atomic E-state index is -0.820. The third kappa shape index (κ3) is 4.59. The first kappa shape index (κ1) is 23.3. The molecule has 5 rings (SSSR count). The third-order valence-corrected chi connectivity index (χ3v) is 6.39. The van der Waals surface area contributed by atoms with Crippen LogP contribution in [0, 0.1) is 6.92 Å². The molecule has 4 aromatic carbocycles. The number of imide groups is 2. The summed E-state index contributed by atoms with van der Waals surface area (Å²) >= 11 is 6.17. The number of carbonyl (C=O) groups is 3. The normalized spacial score (nSPS) is 14.9. The van der Waals surface area contributed by atoms with Crippen molar-refractivity contribution in [1.82, 2.24) is 5.32 Å². The molecule has 7 heteroatoms. The van der Waals surface area contributed by atoms with Crippen molar-refractivity contribution >= 4 is 52.0 Å². The Morgan fingerprint density at radius 3 is 2.44 bits per heavy atom. The molecule has 1 N–H and O–H groups in total. The van der Waals surface area contributed by atoms with Crippen molar-refractivity contribution in [3.8, 4) is 5.75 Å². The fourth-order valence-electron chi connectivity index (χ4n) is 4.02. The highest BCUT2D eigenvalue weighted by atomic mass is 35.5. The van der Waals surface area contributed by atoms with Gasteiger partial charge in [-0.05, 0) is 64.7 Å². The lowest BCUT2D eigenvalue weighted by Gasteiger charge is -2.26. The fraction of sp³-hybridized carbons (Fsp3) is 0.0690. The molecule has 6 nitrogen and oxygen atoms in total. The maximum atomic E-state index is 13.1. The van der Waals surface area contributed by atoms with Crippen LogP contribution >= 0.6 is 11.6 Å². The number of nitrogens with zero attached hydrogens (tertiary/aromatic N) is 1. The average molecular weight is 497 g/mol. The van der Waals surface area contributed by atoms with Gasteiger partial charge in [0.25, 0.3) is 11.8 Å². The standard InChI is InChI=1S/C29H21ClN2O4/c1-18-9-12-22(16-26(18)30)32-28(34)25(27(33)31-29(32)35)15-19-10-13-23(14-11-19)36-17-21-7-4-6-20-5-2-3-8-24(20)21/h2-16H,17H2,1H3,(H,31,33,35)/b25-15-. The minimum absolute atomic E-state index is 0.157. The molecule has 0 aromatic heterocycles. The largest absolute Gasteiger partial charge is 0.489 e. The lowest BCUT2D eigenvalue weighted by Crippen LogP contribution is -2.54. The smallest absolute Gasteiger partial charge is 0.335 e. The van der Waals surface area contributed by atoms with Gasteiger partial charge in [0.05, 0.1) is 5.69 Å². The van der Waals surface area contributed by atoms with Gasteiger partial charge >= 0.3 is 6.03 Å². The molecule has 0 aliphatic carbocycles. The Hall–Kier alpha value is -4.42. The molecule has 1 fully saturated rings. The molecule has 1 heterocycles. The maximum Gasteiger partial charge on any atom is 0.335 e. The summed E-state index contributed by atoms with van der Waals surface area (Å²) in [6.45, 7) is 2.22. The summed E-state index contributed by atoms with van der Waals surface area (Å²) in [6, 6.07) is 25.3. The molecular weight excluding hydrogens is 476 g/mol. The van der Waals surface area contributed by atoms with Crippen LogP contribution < -0.4 is 15.0 Å². The van der Waals surface area contributed by atoms with Gasteiger partial charge in [-0.1, -0.05) is 72.3 Å². The summed E-state index contributed by atoms with van der Waals surface area (Å²) in [7, 11) is 0. The van der Waals surface area contributed by atoms with Crippen LogP contribution in [0.2, 0.25) is 5.02 Å². The lowest BCUT2D eigenvalue weighted by atomic mass is 10.1. The third-order valence-electron chi connectivity index (χ3n) is 5.98. The number of amides is 4. The molecule has 178 valence electrons. The number of anilines is 1. The number of fused-ring (bicyclic) bond motifs is 1. The summed E-state index contributed by atoms with van der Waals surface area (Å²) in [5, 5.41) is 4.92. The highest BCUT2D eigenvalue weighted by Gasteiger charge is 2.36. The van der Waals surface area contributed by atoms with Crippen LogP contribution in [0.3, 0.4) is 0 Å². The summed E-state index contributed by atoms with van der Waals surface area (Å²) in [5.74, 6) is -0.827. The molecule has 0 bridgehead atoms. The predicted octanol–water partition coefficient (Wildman–Crippen LogP) is 6.05. The summed E-state index contributed by atoms with van der Waals surface area (Å²) in [4.78, 5) is 38.9. The molecule has 4 aromatic rings. The first-order valence-electron chi connectivity index (χ1n) is 11.3. The van der Waals surface area contributed by atoms with Crippen molar-refractivity contribution in [3.05, 3.63) is 112 Å². The monoisotopic (exact) mass is 496 g/mol. The minimum Gasteiger partial charge on any atom is -0.489 e. The van der Waals surface area contributed by atoms with Gasteiger partial charge in [0.2, 0.25) is 0 Å². The maximum absolute atomic E-state index is 13.1. The van der Waals surface area contributed by atoms with E-state index in [0.29, 0.717) is 22.9 Å². The van der Waals surface area contributed by atoms with Crippen LogP contribution in [0.25, 0.3) is 16.8 Å². The Morgan fingerprint density at radius 1 is 0.917 bits per heavy atom. The highest BCUT2D eigenvalue weighted by molar-refractivity contribution is 6.39. The van der Waals surface area contributed by atoms with Crippen molar-refractivity contribution in [2.75, 3.05) is 4.90 Å². The average Bonchev–Trinajstić information content (AvgIpc) is 2.88. The molecule has 0 atom stereocenters. The molecule has 0 saturated carbocycles. The second-order valence-corrected chi connectivity index (χ2v) is 8.79. The van der Waals surface area contributed by atoms with Gasteiger partial charge in [0.15, 0.2) is 0 Å². The zero-order valence-corrected chi connectivity index (χ0v) is 20.1. The molecule has 1 saturated heterocycles. The number of ether oxygens (including phenoxy) is 1. The number of nitrogens with one attached hydrogen (secondary N) is 1. The zero-order chi connectivity index (χ0) is 25.2. The number of barbiturate groups is 1. The number of rotatable bonds is 5. The zero-order valence-electron chi connectivity index (χ0n) is 19.3. The lowest BCUT2D eigenvalue weighted by molar-refractivity contribution is -0.122. The molecule has 0 spiro atoms. The molecular formula is C29H21ClN2O4. The van der Waals surface area contributed by atoms with Crippen LogP contribution in [0.15, 0.2) is 90.5 Å². The molecule has 4 amide bonds. The fourth-order valence-corrected chi connectivity index (χ4v) is 4.19. The van der Waals surface area contributed by atoms with Gasteiger partial charge in [-0.3, -0.25) is 14.9 Å². The molecule has 1 aliphatic heterocycles. The van der Waals surface area contributed by atoms with Crippen molar-refractivity contribution in [2.24, 2.45) is 0 Å². The van der Waals surface area contributed by atoms with Crippen molar-refractivity contribution in [2.45, 2.75) is 13.5 Å². The number of carbonyl (C=O) groups excluding carboxylic acids is 3.